The van der Waals surface area contributed by atoms with Gasteiger partial charge in [0.05, 0.1) is 17.3 Å². The van der Waals surface area contributed by atoms with E-state index in [1.807, 2.05) is 24.4 Å². The number of carbonyl (C=O) groups excluding carboxylic acids is 1. The zero-order valence-corrected chi connectivity index (χ0v) is 15.6. The Labute approximate surface area is 155 Å². The Morgan fingerprint density at radius 1 is 1.12 bits per heavy atom. The van der Waals surface area contributed by atoms with Crippen LogP contribution in [0.2, 0.25) is 0 Å². The number of aromatic nitrogens is 2. The zero-order chi connectivity index (χ0) is 18.1. The number of fused-ring (bicyclic) bond motifs is 1. The number of anilines is 2. The van der Waals surface area contributed by atoms with E-state index >= 15 is 0 Å². The van der Waals surface area contributed by atoms with Crippen molar-refractivity contribution < 1.29 is 4.79 Å². The molecular formula is C21H26N4O. The molecule has 5 nitrogen and oxygen atoms in total. The number of hydrogen-bond acceptors (Lipinski definition) is 5. The maximum Gasteiger partial charge on any atom is 0.245 e. The van der Waals surface area contributed by atoms with E-state index < -0.39 is 0 Å². The minimum Gasteiger partial charge on any atom is -0.299 e. The maximum atomic E-state index is 12.5. The molecule has 26 heavy (non-hydrogen) atoms. The number of rotatable bonds is 4. The van der Waals surface area contributed by atoms with E-state index in [9.17, 15) is 4.79 Å². The second-order valence-corrected chi connectivity index (χ2v) is 7.58. The van der Waals surface area contributed by atoms with Crippen LogP contribution in [0.15, 0.2) is 36.5 Å². The SMILES string of the molecule is CC(C)C1C(=O)CCc2cnc(N(c3ccccc3)N3CCCC3)nc21. The van der Waals surface area contributed by atoms with Gasteiger partial charge in [0, 0.05) is 25.7 Å². The maximum absolute atomic E-state index is 12.5. The Morgan fingerprint density at radius 3 is 2.54 bits per heavy atom. The van der Waals surface area contributed by atoms with Gasteiger partial charge in [-0.1, -0.05) is 32.0 Å². The van der Waals surface area contributed by atoms with Crippen LogP contribution in [0, 0.1) is 5.92 Å². The van der Waals surface area contributed by atoms with Gasteiger partial charge >= 0.3 is 0 Å². The van der Waals surface area contributed by atoms with Crippen molar-refractivity contribution >= 4 is 17.4 Å². The molecule has 2 heterocycles. The smallest absolute Gasteiger partial charge is 0.245 e. The number of ketones is 1. The predicted octanol–water partition coefficient (Wildman–Crippen LogP) is 3.88. The molecule has 1 aliphatic heterocycles. The largest absolute Gasteiger partial charge is 0.299 e. The van der Waals surface area contributed by atoms with Gasteiger partial charge in [-0.2, -0.15) is 0 Å². The molecule has 0 saturated carbocycles. The van der Waals surface area contributed by atoms with Crippen molar-refractivity contribution in [3.63, 3.8) is 0 Å². The molecule has 0 amide bonds. The molecular weight excluding hydrogens is 324 g/mol. The summed E-state index contributed by atoms with van der Waals surface area (Å²) in [5.41, 5.74) is 3.13. The summed E-state index contributed by atoms with van der Waals surface area (Å²) < 4.78 is 0. The minimum atomic E-state index is -0.114. The molecule has 0 bridgehead atoms. The van der Waals surface area contributed by atoms with Gasteiger partial charge in [-0.3, -0.25) is 4.79 Å². The highest BCUT2D eigenvalue weighted by atomic mass is 16.1. The summed E-state index contributed by atoms with van der Waals surface area (Å²) in [4.78, 5) is 22.2. The van der Waals surface area contributed by atoms with Crippen LogP contribution < -0.4 is 5.01 Å². The van der Waals surface area contributed by atoms with Crippen LogP contribution in [0.3, 0.4) is 0 Å². The normalized spacial score (nSPS) is 20.4. The van der Waals surface area contributed by atoms with Gasteiger partial charge in [0.2, 0.25) is 5.95 Å². The number of Topliss-reactive ketones (excluding diaryl/α,β-unsaturated/α-hetero) is 1. The summed E-state index contributed by atoms with van der Waals surface area (Å²) in [5, 5.41) is 4.44. The van der Waals surface area contributed by atoms with Gasteiger partial charge < -0.3 is 0 Å². The van der Waals surface area contributed by atoms with Crippen LogP contribution in [0.25, 0.3) is 0 Å². The lowest BCUT2D eigenvalue weighted by Crippen LogP contribution is -2.39. The standard InChI is InChI=1S/C21H26N4O/c1-15(2)19-18(26)11-10-16-14-22-21(23-20(16)19)25(24-12-6-7-13-24)17-8-4-3-5-9-17/h3-5,8-9,14-15,19H,6-7,10-13H2,1-2H3. The molecule has 1 aromatic carbocycles. The van der Waals surface area contributed by atoms with Gasteiger partial charge in [0.25, 0.3) is 0 Å². The number of para-hydroxylation sites is 1. The molecule has 1 unspecified atom stereocenters. The summed E-state index contributed by atoms with van der Waals surface area (Å²) in [6.07, 6.45) is 5.66. The molecule has 0 radical (unpaired) electrons. The third kappa shape index (κ3) is 3.12. The molecule has 2 aliphatic rings. The number of benzene rings is 1. The summed E-state index contributed by atoms with van der Waals surface area (Å²) in [6, 6.07) is 10.3. The molecule has 0 spiro atoms. The fourth-order valence-electron chi connectivity index (χ4n) is 4.10. The molecule has 5 heteroatoms. The van der Waals surface area contributed by atoms with Gasteiger partial charge in [-0.05, 0) is 42.9 Å². The van der Waals surface area contributed by atoms with Crippen LogP contribution in [0.5, 0.6) is 0 Å². The van der Waals surface area contributed by atoms with Crippen LogP contribution in [0.4, 0.5) is 11.6 Å². The fraction of sp³-hybridized carbons (Fsp3) is 0.476. The van der Waals surface area contributed by atoms with E-state index in [4.69, 9.17) is 9.97 Å². The average molecular weight is 350 g/mol. The zero-order valence-electron chi connectivity index (χ0n) is 15.6. The first-order valence-corrected chi connectivity index (χ1v) is 9.63. The average Bonchev–Trinajstić information content (AvgIpc) is 3.16. The van der Waals surface area contributed by atoms with Gasteiger partial charge in [0.1, 0.15) is 5.78 Å². The monoisotopic (exact) mass is 350 g/mol. The summed E-state index contributed by atoms with van der Waals surface area (Å²) in [6.45, 7) is 6.22. The lowest BCUT2D eigenvalue weighted by Gasteiger charge is -2.33. The van der Waals surface area contributed by atoms with Crippen LogP contribution in [0.1, 0.15) is 50.3 Å². The first-order valence-electron chi connectivity index (χ1n) is 9.63. The van der Waals surface area contributed by atoms with Crippen LogP contribution in [-0.4, -0.2) is 33.8 Å². The van der Waals surface area contributed by atoms with Crippen molar-refractivity contribution in [1.29, 1.82) is 0 Å². The second kappa shape index (κ2) is 7.16. The number of carbonyl (C=O) groups is 1. The number of nitrogens with zero attached hydrogens (tertiary/aromatic N) is 4. The first-order chi connectivity index (χ1) is 12.6. The van der Waals surface area contributed by atoms with Gasteiger partial charge in [-0.15, -0.1) is 0 Å². The summed E-state index contributed by atoms with van der Waals surface area (Å²) in [5.74, 6) is 1.12. The van der Waals surface area contributed by atoms with Gasteiger partial charge in [-0.25, -0.2) is 20.0 Å². The quantitative estimate of drug-likeness (QED) is 0.837. The Hall–Kier alpha value is -2.27. The second-order valence-electron chi connectivity index (χ2n) is 7.58. The van der Waals surface area contributed by atoms with Crippen LogP contribution >= 0.6 is 0 Å². The molecule has 1 saturated heterocycles. The molecule has 1 aromatic heterocycles. The Morgan fingerprint density at radius 2 is 1.85 bits per heavy atom. The van der Waals surface area contributed by atoms with Crippen molar-refractivity contribution in [2.24, 2.45) is 5.92 Å². The van der Waals surface area contributed by atoms with Crippen molar-refractivity contribution in [2.45, 2.75) is 45.4 Å². The van der Waals surface area contributed by atoms with E-state index in [2.05, 4.69) is 36.0 Å². The van der Waals surface area contributed by atoms with Crippen LogP contribution in [-0.2, 0) is 11.2 Å². The van der Waals surface area contributed by atoms with Crippen molar-refractivity contribution in [1.82, 2.24) is 15.0 Å². The number of hydrazine groups is 1. The molecule has 1 aliphatic carbocycles. The fourth-order valence-corrected chi connectivity index (χ4v) is 4.10. The van der Waals surface area contributed by atoms with Crippen molar-refractivity contribution in [3.8, 4) is 0 Å². The summed E-state index contributed by atoms with van der Waals surface area (Å²) in [7, 11) is 0. The third-order valence-corrected chi connectivity index (χ3v) is 5.39. The number of aryl methyl sites for hydroxylation is 1. The highest BCUT2D eigenvalue weighted by molar-refractivity contribution is 5.87. The Bertz CT molecular complexity index is 784. The number of hydrogen-bond donors (Lipinski definition) is 0. The van der Waals surface area contributed by atoms with E-state index in [0.717, 1.165) is 36.5 Å². The van der Waals surface area contributed by atoms with Crippen molar-refractivity contribution in [2.75, 3.05) is 18.1 Å². The Balaban J connectivity index is 1.78. The van der Waals surface area contributed by atoms with Gasteiger partial charge in [0.15, 0.2) is 0 Å². The molecule has 1 atom stereocenters. The Kier molecular flexibility index (Phi) is 4.72. The van der Waals surface area contributed by atoms with Crippen molar-refractivity contribution in [3.05, 3.63) is 47.8 Å². The highest BCUT2D eigenvalue weighted by Gasteiger charge is 2.33. The molecule has 4 rings (SSSR count). The molecule has 2 aromatic rings. The topological polar surface area (TPSA) is 49.3 Å². The first kappa shape index (κ1) is 17.2. The molecule has 0 N–H and O–H groups in total. The highest BCUT2D eigenvalue weighted by Crippen LogP contribution is 2.35. The predicted molar refractivity (Wildman–Crippen MR) is 102 cm³/mol. The summed E-state index contributed by atoms with van der Waals surface area (Å²) >= 11 is 0. The van der Waals surface area contributed by atoms with E-state index in [-0.39, 0.29) is 11.8 Å². The molecule has 136 valence electrons. The van der Waals surface area contributed by atoms with E-state index in [1.54, 1.807) is 0 Å². The lowest BCUT2D eigenvalue weighted by molar-refractivity contribution is -0.122. The van der Waals surface area contributed by atoms with E-state index in [0.29, 0.717) is 18.2 Å². The molecule has 1 fully saturated rings. The van der Waals surface area contributed by atoms with E-state index in [1.165, 1.54) is 12.8 Å². The minimum absolute atomic E-state index is 0.114. The third-order valence-electron chi connectivity index (χ3n) is 5.39. The lowest BCUT2D eigenvalue weighted by atomic mass is 9.79.